The SMILES string of the molecule is CS1(C)c2cc(N(c3ccc(-c4ccccc4)cc3)c3ccc(-c4ccccc4)cc3)ccc2-c2cc(N(c3ccc(-c4ccccc4)cc3)c3ccc(-c4ccccc4)cc3)cc3cc(N(c4ccc(-c5ccccc5)cc4)c4ccc(-c5ccccc5)cc4)cc1c23. The molecule has 1 heterocycles. The van der Waals surface area contributed by atoms with Crippen LogP contribution in [0, 0.1) is 0 Å². The van der Waals surface area contributed by atoms with E-state index in [9.17, 15) is 0 Å². The molecule has 4 heteroatoms. The Morgan fingerprint density at radius 3 is 0.681 bits per heavy atom. The van der Waals surface area contributed by atoms with Crippen molar-refractivity contribution in [3.63, 3.8) is 0 Å². The minimum atomic E-state index is -1.79. The smallest absolute Gasteiger partial charge is 0.0478 e. The summed E-state index contributed by atoms with van der Waals surface area (Å²) in [5, 5.41) is 2.46. The molecule has 15 aromatic carbocycles. The summed E-state index contributed by atoms with van der Waals surface area (Å²) in [5.74, 6) is 0. The summed E-state index contributed by atoms with van der Waals surface area (Å²) in [5.41, 5.74) is 26.4. The summed E-state index contributed by atoms with van der Waals surface area (Å²) in [6.07, 6.45) is 5.03. The lowest BCUT2D eigenvalue weighted by atomic mass is 9.94. The number of rotatable bonds is 15. The molecule has 0 spiro atoms. The molecule has 94 heavy (non-hydrogen) atoms. The van der Waals surface area contributed by atoms with Crippen LogP contribution in [0.25, 0.3) is 88.7 Å². The molecule has 0 aromatic heterocycles. The zero-order valence-electron chi connectivity index (χ0n) is 52.5. The van der Waals surface area contributed by atoms with Gasteiger partial charge in [0.2, 0.25) is 0 Å². The van der Waals surface area contributed by atoms with E-state index in [1.807, 2.05) is 0 Å². The van der Waals surface area contributed by atoms with Crippen molar-refractivity contribution in [3.8, 4) is 77.9 Å². The Hall–Kier alpha value is -11.7. The van der Waals surface area contributed by atoms with E-state index in [1.165, 1.54) is 98.5 Å². The molecule has 1 aliphatic heterocycles. The van der Waals surface area contributed by atoms with E-state index in [4.69, 9.17) is 0 Å². The van der Waals surface area contributed by atoms with Gasteiger partial charge in [0.05, 0.1) is 0 Å². The van der Waals surface area contributed by atoms with E-state index < -0.39 is 10.0 Å². The summed E-state index contributed by atoms with van der Waals surface area (Å²) in [6.45, 7) is 0. The number of anilines is 9. The highest BCUT2D eigenvalue weighted by atomic mass is 32.3. The molecule has 15 aromatic rings. The van der Waals surface area contributed by atoms with Gasteiger partial charge in [0.1, 0.15) is 0 Å². The second kappa shape index (κ2) is 24.8. The molecule has 0 saturated carbocycles. The zero-order chi connectivity index (χ0) is 63.0. The van der Waals surface area contributed by atoms with Crippen molar-refractivity contribution in [3.05, 3.63) is 370 Å². The van der Waals surface area contributed by atoms with Gasteiger partial charge in [0.15, 0.2) is 0 Å². The number of hydrogen-bond donors (Lipinski definition) is 0. The Morgan fingerprint density at radius 1 is 0.181 bits per heavy atom. The standard InChI is InChI=1S/C90H67N3S/c1-94(2)88-62-83(91(77-45-33-70(34-46-77)64-21-9-3-10-22-64)78-47-35-71(36-48-78)65-23-11-4-12-24-65)57-58-86(88)87-61-84(92(79-49-37-72(38-50-79)66-25-13-5-14-26-66)80-51-39-73(40-52-80)67-27-15-6-16-28-67)59-76-60-85(63-89(94)90(76)87)93(81-53-41-74(42-54-81)68-29-17-7-18-30-68)82-55-43-75(44-56-82)69-31-19-8-20-32-69/h3-63H,1-2H3. The van der Waals surface area contributed by atoms with Crippen LogP contribution >= 0.6 is 10.0 Å². The van der Waals surface area contributed by atoms with Crippen LogP contribution in [0.15, 0.2) is 380 Å². The number of nitrogens with zero attached hydrogens (tertiary/aromatic N) is 3. The highest BCUT2D eigenvalue weighted by Crippen LogP contribution is 2.67. The van der Waals surface area contributed by atoms with Gasteiger partial charge >= 0.3 is 0 Å². The van der Waals surface area contributed by atoms with Crippen LogP contribution in [0.5, 0.6) is 0 Å². The van der Waals surface area contributed by atoms with E-state index >= 15 is 0 Å². The minimum absolute atomic E-state index is 1.07. The summed E-state index contributed by atoms with van der Waals surface area (Å²) in [7, 11) is -1.79. The lowest BCUT2D eigenvalue weighted by molar-refractivity contribution is 1.24. The van der Waals surface area contributed by atoms with E-state index in [1.54, 1.807) is 0 Å². The molecule has 448 valence electrons. The van der Waals surface area contributed by atoms with Gasteiger partial charge in [0.25, 0.3) is 0 Å². The first-order chi connectivity index (χ1) is 46.3. The van der Waals surface area contributed by atoms with Gasteiger partial charge in [-0.3, -0.25) is 0 Å². The normalized spacial score (nSPS) is 12.4. The fourth-order valence-electron chi connectivity index (χ4n) is 13.7. The Morgan fingerprint density at radius 2 is 0.404 bits per heavy atom. The summed E-state index contributed by atoms with van der Waals surface area (Å²) < 4.78 is 0. The number of fused-ring (bicyclic) bond motifs is 2. The van der Waals surface area contributed by atoms with Gasteiger partial charge in [0, 0.05) is 66.4 Å². The maximum atomic E-state index is 2.53. The molecule has 1 aliphatic rings. The van der Waals surface area contributed by atoms with Crippen molar-refractivity contribution >= 4 is 72.0 Å². The second-order valence-electron chi connectivity index (χ2n) is 24.5. The Balaban J connectivity index is 0.916. The van der Waals surface area contributed by atoms with Gasteiger partial charge in [-0.1, -0.05) is 261 Å². The maximum Gasteiger partial charge on any atom is 0.0478 e. The molecule has 0 saturated heterocycles. The molecular weight excluding hydrogens is 1160 g/mol. The molecule has 0 radical (unpaired) electrons. The van der Waals surface area contributed by atoms with Gasteiger partial charge in [-0.25, -0.2) is 0 Å². The molecule has 0 N–H and O–H groups in total. The van der Waals surface area contributed by atoms with Crippen molar-refractivity contribution < 1.29 is 0 Å². The molecule has 0 unspecified atom stereocenters. The highest BCUT2D eigenvalue weighted by molar-refractivity contribution is 8.33. The molecule has 16 rings (SSSR count). The second-order valence-corrected chi connectivity index (χ2v) is 28.1. The van der Waals surface area contributed by atoms with Crippen LogP contribution in [-0.4, -0.2) is 12.5 Å². The number of hydrogen-bond acceptors (Lipinski definition) is 3. The van der Waals surface area contributed by atoms with E-state index in [-0.39, 0.29) is 0 Å². The molecular formula is C90H67N3S. The third-order valence-corrected chi connectivity index (χ3v) is 21.4. The Kier molecular flexibility index (Phi) is 15.2. The molecule has 0 aliphatic carbocycles. The fourth-order valence-corrected chi connectivity index (χ4v) is 16.2. The lowest BCUT2D eigenvalue weighted by Gasteiger charge is -2.42. The first-order valence-electron chi connectivity index (χ1n) is 32.2. The van der Waals surface area contributed by atoms with E-state index in [0.717, 1.165) is 51.2 Å². The molecule has 0 fully saturated rings. The predicted molar refractivity (Wildman–Crippen MR) is 402 cm³/mol. The van der Waals surface area contributed by atoms with Crippen LogP contribution in [-0.2, 0) is 0 Å². The number of benzene rings is 15. The Labute approximate surface area is 553 Å². The summed E-state index contributed by atoms with van der Waals surface area (Å²) in [4.78, 5) is 10.0. The first kappa shape index (κ1) is 57.5. The Bertz CT molecular complexity index is 4870. The largest absolute Gasteiger partial charge is 0.310 e. The highest BCUT2D eigenvalue weighted by Gasteiger charge is 2.34. The third-order valence-electron chi connectivity index (χ3n) is 18.5. The van der Waals surface area contributed by atoms with E-state index in [0.29, 0.717) is 0 Å². The zero-order valence-corrected chi connectivity index (χ0v) is 53.3. The molecule has 3 nitrogen and oxygen atoms in total. The van der Waals surface area contributed by atoms with Crippen LogP contribution in [0.3, 0.4) is 0 Å². The van der Waals surface area contributed by atoms with Crippen LogP contribution in [0.1, 0.15) is 0 Å². The quantitative estimate of drug-likeness (QED) is 0.101. The van der Waals surface area contributed by atoms with Gasteiger partial charge in [-0.2, -0.15) is 10.0 Å². The lowest BCUT2D eigenvalue weighted by Crippen LogP contribution is -2.15. The summed E-state index contributed by atoms with van der Waals surface area (Å²) in [6, 6.07) is 136. The van der Waals surface area contributed by atoms with Crippen molar-refractivity contribution in [1.82, 2.24) is 0 Å². The topological polar surface area (TPSA) is 9.72 Å². The molecule has 0 amide bonds. The molecule has 0 bridgehead atoms. The predicted octanol–water partition coefficient (Wildman–Crippen LogP) is 25.7. The minimum Gasteiger partial charge on any atom is -0.310 e. The fraction of sp³-hybridized carbons (Fsp3) is 0.0222. The van der Waals surface area contributed by atoms with Gasteiger partial charge in [-0.15, -0.1) is 0 Å². The molecule has 0 atom stereocenters. The van der Waals surface area contributed by atoms with Crippen molar-refractivity contribution in [1.29, 1.82) is 0 Å². The van der Waals surface area contributed by atoms with Crippen molar-refractivity contribution in [2.75, 3.05) is 27.2 Å². The van der Waals surface area contributed by atoms with Gasteiger partial charge in [-0.05, 0) is 205 Å². The third kappa shape index (κ3) is 11.1. The van der Waals surface area contributed by atoms with Crippen molar-refractivity contribution in [2.45, 2.75) is 9.79 Å². The average Bonchev–Trinajstić information content (AvgIpc) is 0.706. The van der Waals surface area contributed by atoms with Crippen LogP contribution in [0.2, 0.25) is 0 Å². The maximum absolute atomic E-state index is 2.53. The van der Waals surface area contributed by atoms with E-state index in [2.05, 4.69) is 397 Å². The first-order valence-corrected chi connectivity index (χ1v) is 34.6. The summed E-state index contributed by atoms with van der Waals surface area (Å²) >= 11 is 0. The monoisotopic (exact) mass is 1220 g/mol. The van der Waals surface area contributed by atoms with Crippen LogP contribution in [0.4, 0.5) is 51.2 Å². The van der Waals surface area contributed by atoms with Gasteiger partial charge < -0.3 is 14.7 Å². The van der Waals surface area contributed by atoms with Crippen LogP contribution < -0.4 is 14.7 Å². The average molecular weight is 1220 g/mol. The van der Waals surface area contributed by atoms with Crippen molar-refractivity contribution in [2.24, 2.45) is 0 Å².